The lowest BCUT2D eigenvalue weighted by atomic mass is 9.86. The summed E-state index contributed by atoms with van der Waals surface area (Å²) in [7, 11) is 3.30. The van der Waals surface area contributed by atoms with E-state index in [0.29, 0.717) is 18.0 Å². The minimum absolute atomic E-state index is 0.0457. The summed E-state index contributed by atoms with van der Waals surface area (Å²) in [5.41, 5.74) is 2.15. The van der Waals surface area contributed by atoms with E-state index in [-0.39, 0.29) is 30.6 Å². The van der Waals surface area contributed by atoms with E-state index < -0.39 is 72.3 Å². The van der Waals surface area contributed by atoms with Gasteiger partial charge >= 0.3 is 5.97 Å². The summed E-state index contributed by atoms with van der Waals surface area (Å²) in [6, 6.07) is 11.4. The van der Waals surface area contributed by atoms with Crippen LogP contribution in [0.15, 0.2) is 54.6 Å². The molecule has 14 nitrogen and oxygen atoms in total. The minimum atomic E-state index is -1.32. The maximum absolute atomic E-state index is 14.0. The molecule has 6 N–H and O–H groups in total. The number of carbonyl (C=O) groups is 6. The molecule has 2 bridgehead atoms. The molecule has 0 aliphatic heterocycles. The van der Waals surface area contributed by atoms with Crippen LogP contribution in [0, 0.1) is 17.8 Å². The molecule has 0 aromatic heterocycles. The molecule has 2 aliphatic rings. The van der Waals surface area contributed by atoms with Gasteiger partial charge in [-0.1, -0.05) is 83.5 Å². The number of methoxy groups -OCH3 is 1. The van der Waals surface area contributed by atoms with Crippen LogP contribution in [0.1, 0.15) is 114 Å². The van der Waals surface area contributed by atoms with Crippen LogP contribution in [-0.2, 0) is 40.5 Å². The van der Waals surface area contributed by atoms with Gasteiger partial charge in [-0.15, -0.1) is 0 Å². The van der Waals surface area contributed by atoms with Crippen molar-refractivity contribution >= 4 is 35.5 Å². The van der Waals surface area contributed by atoms with Gasteiger partial charge in [-0.3, -0.25) is 24.0 Å². The summed E-state index contributed by atoms with van der Waals surface area (Å²) in [5, 5.41) is 23.4. The van der Waals surface area contributed by atoms with Crippen molar-refractivity contribution in [3.63, 3.8) is 0 Å². The fourth-order valence-corrected chi connectivity index (χ4v) is 8.56. The number of aliphatic hydroxyl groups is 1. The third-order valence-corrected chi connectivity index (χ3v) is 12.1. The Hall–Kier alpha value is -4.82. The summed E-state index contributed by atoms with van der Waals surface area (Å²) in [4.78, 5) is 83.1. The first-order chi connectivity index (χ1) is 28.9. The Morgan fingerprint density at radius 3 is 1.95 bits per heavy atom. The van der Waals surface area contributed by atoms with Gasteiger partial charge in [0.15, 0.2) is 6.04 Å². The Morgan fingerprint density at radius 1 is 0.754 bits per heavy atom. The standard InChI is InChI=1S/C47H70N6O8/c1-29(2)24-37(45(59)49-36(43(57)52-39(28-54)46(60)61-8)16-12-13-23-53(7)40-27-32-17-18-34(40)25-32)50-41(55)30(3)48-44(58)38(26-31-14-10-9-11-15-31)51-42(56)33-19-21-35(22-20-33)47(4,5)6/h9-11,14-15,19-22,29-30,32,34,36-40,54H,12-13,16-18,23-28H2,1-8H3,(H,48,58)(H,49,59)(H,50,55)(H,51,56)(H,52,57)/t30-,32?,34?,36-,37-,38-,39-,40?/m0/s1. The van der Waals surface area contributed by atoms with Crippen molar-refractivity contribution in [2.75, 3.05) is 27.3 Å². The van der Waals surface area contributed by atoms with E-state index in [1.807, 2.05) is 56.3 Å². The predicted molar refractivity (Wildman–Crippen MR) is 234 cm³/mol. The van der Waals surface area contributed by atoms with E-state index in [1.165, 1.54) is 32.6 Å². The fourth-order valence-electron chi connectivity index (χ4n) is 8.56. The number of nitrogens with zero attached hydrogens (tertiary/aromatic N) is 1. The Bertz CT molecular complexity index is 1780. The normalized spacial score (nSPS) is 19.6. The van der Waals surface area contributed by atoms with Gasteiger partial charge in [0.2, 0.25) is 23.6 Å². The van der Waals surface area contributed by atoms with Gasteiger partial charge in [-0.25, -0.2) is 4.79 Å². The third-order valence-electron chi connectivity index (χ3n) is 12.1. The molecule has 0 heterocycles. The lowest BCUT2D eigenvalue weighted by Gasteiger charge is -2.31. The number of esters is 1. The van der Waals surface area contributed by atoms with Crippen molar-refractivity contribution in [3.05, 3.63) is 71.3 Å². The Balaban J connectivity index is 1.42. The van der Waals surface area contributed by atoms with Gasteiger partial charge in [-0.05, 0) is 112 Å². The number of benzene rings is 2. The number of aliphatic hydroxyl groups excluding tert-OH is 1. The van der Waals surface area contributed by atoms with Crippen molar-refractivity contribution in [2.45, 2.75) is 141 Å². The molecule has 4 rings (SSSR count). The number of fused-ring (bicyclic) bond motifs is 2. The Kier molecular flexibility index (Phi) is 18.3. The number of hydrogen-bond acceptors (Lipinski definition) is 9. The highest BCUT2D eigenvalue weighted by Gasteiger charge is 2.41. The first kappa shape index (κ1) is 48.8. The van der Waals surface area contributed by atoms with Crippen LogP contribution in [0.5, 0.6) is 0 Å². The number of ether oxygens (including phenoxy) is 1. The van der Waals surface area contributed by atoms with Gasteiger partial charge in [0, 0.05) is 18.0 Å². The maximum Gasteiger partial charge on any atom is 0.330 e. The number of nitrogens with one attached hydrogen (secondary N) is 5. The molecule has 2 fully saturated rings. The number of rotatable bonds is 22. The zero-order valence-electron chi connectivity index (χ0n) is 37.4. The molecule has 336 valence electrons. The number of unbranched alkanes of at least 4 members (excludes halogenated alkanes) is 1. The van der Waals surface area contributed by atoms with Crippen LogP contribution in [0.4, 0.5) is 0 Å². The van der Waals surface area contributed by atoms with Gasteiger partial charge in [0.25, 0.3) is 5.91 Å². The van der Waals surface area contributed by atoms with Crippen LogP contribution < -0.4 is 26.6 Å². The van der Waals surface area contributed by atoms with Gasteiger partial charge in [-0.2, -0.15) is 0 Å². The van der Waals surface area contributed by atoms with E-state index in [0.717, 1.165) is 43.0 Å². The summed E-state index contributed by atoms with van der Waals surface area (Å²) >= 11 is 0. The zero-order valence-corrected chi connectivity index (χ0v) is 37.4. The summed E-state index contributed by atoms with van der Waals surface area (Å²) in [6.07, 6.45) is 7.15. The van der Waals surface area contributed by atoms with Crippen LogP contribution in [0.3, 0.4) is 0 Å². The first-order valence-corrected chi connectivity index (χ1v) is 22.0. The quantitative estimate of drug-likeness (QED) is 0.0756. The SMILES string of the molecule is COC(=O)[C@H](CO)NC(=O)[C@H](CCCCN(C)C1CC2CCC1C2)NC(=O)[C@H](CC(C)C)NC(=O)[C@H](C)NC(=O)[C@H](Cc1ccccc1)NC(=O)c1ccc(C(C)(C)C)cc1. The molecule has 2 saturated carbocycles. The minimum Gasteiger partial charge on any atom is -0.467 e. The maximum atomic E-state index is 14.0. The highest BCUT2D eigenvalue weighted by molar-refractivity contribution is 5.99. The van der Waals surface area contributed by atoms with Crippen LogP contribution in [0.25, 0.3) is 0 Å². The number of amides is 5. The van der Waals surface area contributed by atoms with E-state index in [2.05, 4.69) is 59.3 Å². The number of hydrogen-bond donors (Lipinski definition) is 6. The molecule has 0 radical (unpaired) electrons. The zero-order chi connectivity index (χ0) is 44.9. The molecule has 5 amide bonds. The third kappa shape index (κ3) is 14.7. The average molecular weight is 847 g/mol. The molecule has 0 saturated heterocycles. The van der Waals surface area contributed by atoms with Gasteiger partial charge in [0.1, 0.15) is 24.2 Å². The van der Waals surface area contributed by atoms with Crippen LogP contribution in [0.2, 0.25) is 0 Å². The lowest BCUT2D eigenvalue weighted by Crippen LogP contribution is -2.59. The average Bonchev–Trinajstić information content (AvgIpc) is 3.87. The smallest absolute Gasteiger partial charge is 0.330 e. The Morgan fingerprint density at radius 2 is 1.38 bits per heavy atom. The topological polar surface area (TPSA) is 195 Å². The second-order valence-electron chi connectivity index (χ2n) is 18.5. The molecular formula is C47H70N6O8. The van der Waals surface area contributed by atoms with E-state index in [1.54, 1.807) is 12.1 Å². The second-order valence-corrected chi connectivity index (χ2v) is 18.5. The molecule has 61 heavy (non-hydrogen) atoms. The lowest BCUT2D eigenvalue weighted by molar-refractivity contribution is -0.146. The molecule has 3 unspecified atom stereocenters. The predicted octanol–water partition coefficient (Wildman–Crippen LogP) is 3.79. The van der Waals surface area contributed by atoms with Gasteiger partial charge < -0.3 is 41.3 Å². The monoisotopic (exact) mass is 847 g/mol. The fraction of sp³-hybridized carbons (Fsp3) is 0.617. The van der Waals surface area contributed by atoms with Crippen molar-refractivity contribution in [1.29, 1.82) is 0 Å². The molecule has 2 aromatic carbocycles. The largest absolute Gasteiger partial charge is 0.467 e. The van der Waals surface area contributed by atoms with E-state index in [4.69, 9.17) is 4.74 Å². The Labute approximate surface area is 362 Å². The van der Waals surface area contributed by atoms with E-state index in [9.17, 15) is 33.9 Å². The molecule has 8 atom stereocenters. The summed E-state index contributed by atoms with van der Waals surface area (Å²) in [6.45, 7) is 11.7. The molecule has 14 heteroatoms. The number of carbonyl (C=O) groups excluding carboxylic acids is 6. The highest BCUT2D eigenvalue weighted by atomic mass is 16.5. The van der Waals surface area contributed by atoms with Crippen molar-refractivity contribution in [1.82, 2.24) is 31.5 Å². The second kappa shape index (κ2) is 22.9. The van der Waals surface area contributed by atoms with Crippen molar-refractivity contribution in [2.24, 2.45) is 17.8 Å². The molecule has 2 aliphatic carbocycles. The highest BCUT2D eigenvalue weighted by Crippen LogP contribution is 2.46. The van der Waals surface area contributed by atoms with Gasteiger partial charge in [0.05, 0.1) is 13.7 Å². The summed E-state index contributed by atoms with van der Waals surface area (Å²) < 4.78 is 4.73. The van der Waals surface area contributed by atoms with Crippen LogP contribution in [-0.4, -0.2) is 109 Å². The van der Waals surface area contributed by atoms with Crippen molar-refractivity contribution < 1.29 is 38.6 Å². The molecule has 2 aromatic rings. The summed E-state index contributed by atoms with van der Waals surface area (Å²) in [5.74, 6) is -2.23. The molecule has 0 spiro atoms. The van der Waals surface area contributed by atoms with E-state index >= 15 is 0 Å². The molecular weight excluding hydrogens is 777 g/mol. The van der Waals surface area contributed by atoms with Crippen LogP contribution >= 0.6 is 0 Å². The first-order valence-electron chi connectivity index (χ1n) is 22.0. The van der Waals surface area contributed by atoms with Crippen molar-refractivity contribution in [3.8, 4) is 0 Å².